The second-order valence-electron chi connectivity index (χ2n) is 2.80. The maximum Gasteiger partial charge on any atom is 0.313 e. The molecule has 0 aliphatic heterocycles. The van der Waals surface area contributed by atoms with Crippen LogP contribution in [0.4, 0.5) is 5.82 Å². The summed E-state index contributed by atoms with van der Waals surface area (Å²) in [6.45, 7) is 0. The number of anilines is 1. The molecule has 0 aliphatic rings. The highest BCUT2D eigenvalue weighted by Gasteiger charge is 2.05. The minimum atomic E-state index is -0.931. The van der Waals surface area contributed by atoms with Crippen LogP contribution in [0, 0.1) is 0 Å². The summed E-state index contributed by atoms with van der Waals surface area (Å²) in [5, 5.41) is 10.9. The fourth-order valence-electron chi connectivity index (χ4n) is 0.860. The van der Waals surface area contributed by atoms with Gasteiger partial charge in [0.15, 0.2) is 0 Å². The van der Waals surface area contributed by atoms with Gasteiger partial charge in [0.05, 0.1) is 11.5 Å². The molecule has 1 heterocycles. The molecule has 0 bridgehead atoms. The Labute approximate surface area is 105 Å². The van der Waals surface area contributed by atoms with Gasteiger partial charge in [0, 0.05) is 10.7 Å². The number of halogens is 1. The number of carbonyl (C=O) groups excluding carboxylic acids is 1. The molecule has 0 unspecified atom stereocenters. The Morgan fingerprint density at radius 2 is 2.19 bits per heavy atom. The van der Waals surface area contributed by atoms with Crippen molar-refractivity contribution in [2.24, 2.45) is 0 Å². The maximum absolute atomic E-state index is 11.3. The van der Waals surface area contributed by atoms with Gasteiger partial charge in [0.2, 0.25) is 5.91 Å². The summed E-state index contributed by atoms with van der Waals surface area (Å²) in [4.78, 5) is 25.5. The number of nitrogens with one attached hydrogen (secondary N) is 1. The molecule has 0 saturated heterocycles. The van der Waals surface area contributed by atoms with E-state index in [1.54, 1.807) is 18.3 Å². The smallest absolute Gasteiger partial charge is 0.313 e. The molecule has 1 aromatic heterocycles. The van der Waals surface area contributed by atoms with Crippen molar-refractivity contribution in [1.29, 1.82) is 0 Å². The number of carboxylic acid groups (broad SMARTS) is 1. The summed E-state index contributed by atoms with van der Waals surface area (Å²) in [5.74, 6) is -0.727. The zero-order valence-corrected chi connectivity index (χ0v) is 10.5. The van der Waals surface area contributed by atoms with E-state index in [2.05, 4.69) is 26.2 Å². The van der Waals surface area contributed by atoms with Crippen LogP contribution in [-0.2, 0) is 9.59 Å². The van der Waals surface area contributed by atoms with Crippen LogP contribution in [0.15, 0.2) is 22.8 Å². The summed E-state index contributed by atoms with van der Waals surface area (Å²) in [7, 11) is 0. The van der Waals surface area contributed by atoms with Gasteiger partial charge >= 0.3 is 5.97 Å². The molecule has 16 heavy (non-hydrogen) atoms. The van der Waals surface area contributed by atoms with E-state index in [4.69, 9.17) is 5.11 Å². The third-order valence-electron chi connectivity index (χ3n) is 1.45. The Kier molecular flexibility index (Phi) is 5.27. The van der Waals surface area contributed by atoms with Crippen molar-refractivity contribution < 1.29 is 14.7 Å². The van der Waals surface area contributed by atoms with Crippen molar-refractivity contribution in [2.75, 3.05) is 16.8 Å². The monoisotopic (exact) mass is 304 g/mol. The Morgan fingerprint density at radius 3 is 2.75 bits per heavy atom. The fraction of sp³-hybridized carbons (Fsp3) is 0.222. The van der Waals surface area contributed by atoms with Crippen molar-refractivity contribution in [3.63, 3.8) is 0 Å². The van der Waals surface area contributed by atoms with E-state index in [1.165, 1.54) is 0 Å². The summed E-state index contributed by atoms with van der Waals surface area (Å²) in [6, 6.07) is 3.41. The fourth-order valence-corrected chi connectivity index (χ4v) is 1.63. The van der Waals surface area contributed by atoms with Crippen LogP contribution in [0.1, 0.15) is 0 Å². The number of hydrogen-bond donors (Lipinski definition) is 2. The first-order valence-electron chi connectivity index (χ1n) is 4.29. The number of aliphatic carboxylic acids is 1. The largest absolute Gasteiger partial charge is 0.481 e. The molecule has 0 aromatic carbocycles. The van der Waals surface area contributed by atoms with Gasteiger partial charge in [-0.3, -0.25) is 9.59 Å². The molecule has 0 atom stereocenters. The van der Waals surface area contributed by atoms with Gasteiger partial charge in [0.25, 0.3) is 0 Å². The van der Waals surface area contributed by atoms with E-state index in [9.17, 15) is 9.59 Å². The summed E-state index contributed by atoms with van der Waals surface area (Å²) < 4.78 is 0.825. The first kappa shape index (κ1) is 13.0. The van der Waals surface area contributed by atoms with E-state index in [-0.39, 0.29) is 17.4 Å². The quantitative estimate of drug-likeness (QED) is 0.864. The molecule has 0 aliphatic carbocycles. The van der Waals surface area contributed by atoms with Crippen molar-refractivity contribution >= 4 is 45.4 Å². The summed E-state index contributed by atoms with van der Waals surface area (Å²) in [5.41, 5.74) is 0. The molecule has 1 rings (SSSR count). The highest BCUT2D eigenvalue weighted by atomic mass is 79.9. The van der Waals surface area contributed by atoms with E-state index in [0.29, 0.717) is 5.82 Å². The molecule has 86 valence electrons. The molecule has 5 nitrogen and oxygen atoms in total. The van der Waals surface area contributed by atoms with Gasteiger partial charge in [-0.1, -0.05) is 0 Å². The Morgan fingerprint density at radius 1 is 1.44 bits per heavy atom. The molecule has 0 saturated carbocycles. The molecule has 0 radical (unpaired) electrons. The third-order valence-corrected chi connectivity index (χ3v) is 2.84. The van der Waals surface area contributed by atoms with Gasteiger partial charge in [-0.15, -0.1) is 11.8 Å². The predicted molar refractivity (Wildman–Crippen MR) is 65.5 cm³/mol. The lowest BCUT2D eigenvalue weighted by Crippen LogP contribution is -2.16. The first-order chi connectivity index (χ1) is 7.58. The summed E-state index contributed by atoms with van der Waals surface area (Å²) in [6.07, 6.45) is 1.57. The maximum atomic E-state index is 11.3. The number of aromatic nitrogens is 1. The average Bonchev–Trinajstić information content (AvgIpc) is 2.21. The lowest BCUT2D eigenvalue weighted by Gasteiger charge is -2.03. The van der Waals surface area contributed by atoms with Gasteiger partial charge in [-0.05, 0) is 28.1 Å². The standard InChI is InChI=1S/C9H9BrN2O3S/c10-6-1-2-7(11-3-6)12-8(13)4-16-5-9(14)15/h1-3H,4-5H2,(H,14,15)(H,11,12,13). The number of nitrogens with zero attached hydrogens (tertiary/aromatic N) is 1. The summed E-state index contributed by atoms with van der Waals surface area (Å²) >= 11 is 4.27. The van der Waals surface area contributed by atoms with Crippen molar-refractivity contribution in [3.05, 3.63) is 22.8 Å². The number of thioether (sulfide) groups is 1. The second-order valence-corrected chi connectivity index (χ2v) is 4.70. The van der Waals surface area contributed by atoms with Crippen LogP contribution in [0.5, 0.6) is 0 Å². The predicted octanol–water partition coefficient (Wildman–Crippen LogP) is 1.60. The topological polar surface area (TPSA) is 79.3 Å². The molecule has 0 spiro atoms. The number of carboxylic acids is 1. The van der Waals surface area contributed by atoms with E-state index in [1.807, 2.05) is 0 Å². The minimum Gasteiger partial charge on any atom is -0.481 e. The third kappa shape index (κ3) is 5.13. The number of amides is 1. The minimum absolute atomic E-state index is 0.0822. The van der Waals surface area contributed by atoms with E-state index in [0.717, 1.165) is 16.2 Å². The lowest BCUT2D eigenvalue weighted by molar-refractivity contribution is -0.133. The molecule has 1 amide bonds. The van der Waals surface area contributed by atoms with E-state index < -0.39 is 5.97 Å². The zero-order valence-electron chi connectivity index (χ0n) is 8.14. The zero-order chi connectivity index (χ0) is 12.0. The van der Waals surface area contributed by atoms with Gasteiger partial charge < -0.3 is 10.4 Å². The second kappa shape index (κ2) is 6.49. The average molecular weight is 305 g/mol. The van der Waals surface area contributed by atoms with Crippen LogP contribution < -0.4 is 5.32 Å². The van der Waals surface area contributed by atoms with Crippen LogP contribution in [0.2, 0.25) is 0 Å². The molecular weight excluding hydrogens is 296 g/mol. The van der Waals surface area contributed by atoms with Gasteiger partial charge in [-0.2, -0.15) is 0 Å². The Balaban J connectivity index is 2.34. The highest BCUT2D eigenvalue weighted by Crippen LogP contribution is 2.10. The molecular formula is C9H9BrN2O3S. The van der Waals surface area contributed by atoms with Crippen LogP contribution >= 0.6 is 27.7 Å². The SMILES string of the molecule is O=C(O)CSCC(=O)Nc1ccc(Br)cn1. The van der Waals surface area contributed by atoms with Crippen molar-refractivity contribution in [2.45, 2.75) is 0 Å². The van der Waals surface area contributed by atoms with Gasteiger partial charge in [-0.25, -0.2) is 4.98 Å². The normalized spacial score (nSPS) is 9.81. The first-order valence-corrected chi connectivity index (χ1v) is 6.23. The van der Waals surface area contributed by atoms with Crippen LogP contribution in [0.25, 0.3) is 0 Å². The molecule has 7 heteroatoms. The Bertz CT molecular complexity index is 383. The van der Waals surface area contributed by atoms with Crippen LogP contribution in [0.3, 0.4) is 0 Å². The number of pyridine rings is 1. The lowest BCUT2D eigenvalue weighted by atomic mass is 10.4. The molecule has 2 N–H and O–H groups in total. The Hall–Kier alpha value is -1.08. The number of hydrogen-bond acceptors (Lipinski definition) is 4. The number of rotatable bonds is 5. The number of carbonyl (C=O) groups is 2. The van der Waals surface area contributed by atoms with E-state index >= 15 is 0 Å². The highest BCUT2D eigenvalue weighted by molar-refractivity contribution is 9.10. The van der Waals surface area contributed by atoms with Crippen molar-refractivity contribution in [1.82, 2.24) is 4.98 Å². The molecule has 0 fully saturated rings. The molecule has 1 aromatic rings. The van der Waals surface area contributed by atoms with Gasteiger partial charge in [0.1, 0.15) is 5.82 Å². The van der Waals surface area contributed by atoms with Crippen molar-refractivity contribution in [3.8, 4) is 0 Å². The van der Waals surface area contributed by atoms with Crippen LogP contribution in [-0.4, -0.2) is 33.5 Å².